The van der Waals surface area contributed by atoms with Gasteiger partial charge in [0.1, 0.15) is 0 Å². The van der Waals surface area contributed by atoms with Crippen LogP contribution in [0.15, 0.2) is 23.3 Å². The average molecular weight is 356 g/mol. The highest BCUT2D eigenvalue weighted by Gasteiger charge is 2.58. The highest BCUT2D eigenvalue weighted by Crippen LogP contribution is 2.66. The minimum Gasteiger partial charge on any atom is -0.393 e. The van der Waals surface area contributed by atoms with Crippen LogP contribution < -0.4 is 5.32 Å². The SMILES string of the molecule is CC1C=C2CC(O)CC[C@]2(C)[C@@H]2CC[C@]3(C)C(C4CCCN4)=CC[C@H]3[C@H]12. The van der Waals surface area contributed by atoms with Crippen LogP contribution in [-0.4, -0.2) is 23.8 Å². The number of allylic oxidation sites excluding steroid dienone is 2. The fraction of sp³-hybridized carbons (Fsp3) is 0.833. The zero-order chi connectivity index (χ0) is 18.1. The van der Waals surface area contributed by atoms with Crippen molar-refractivity contribution in [2.75, 3.05) is 6.54 Å². The molecule has 0 aromatic carbocycles. The Kier molecular flexibility index (Phi) is 4.00. The van der Waals surface area contributed by atoms with Crippen LogP contribution in [0.4, 0.5) is 0 Å². The number of aliphatic hydroxyl groups is 1. The zero-order valence-electron chi connectivity index (χ0n) is 16.9. The van der Waals surface area contributed by atoms with Crippen LogP contribution in [0.25, 0.3) is 0 Å². The van der Waals surface area contributed by atoms with E-state index in [1.165, 1.54) is 45.1 Å². The molecule has 1 saturated heterocycles. The summed E-state index contributed by atoms with van der Waals surface area (Å²) in [5.41, 5.74) is 4.14. The number of aliphatic hydroxyl groups excluding tert-OH is 1. The van der Waals surface area contributed by atoms with Gasteiger partial charge in [0.25, 0.3) is 0 Å². The van der Waals surface area contributed by atoms with Gasteiger partial charge in [0.15, 0.2) is 0 Å². The van der Waals surface area contributed by atoms with E-state index in [9.17, 15) is 5.11 Å². The molecule has 0 spiro atoms. The van der Waals surface area contributed by atoms with Crippen LogP contribution >= 0.6 is 0 Å². The van der Waals surface area contributed by atoms with Crippen molar-refractivity contribution in [2.45, 2.75) is 84.3 Å². The van der Waals surface area contributed by atoms with E-state index >= 15 is 0 Å². The minimum absolute atomic E-state index is 0.0971. The molecular weight excluding hydrogens is 318 g/mol. The van der Waals surface area contributed by atoms with E-state index in [-0.39, 0.29) is 6.10 Å². The Balaban J connectivity index is 1.48. The van der Waals surface area contributed by atoms with Crippen molar-refractivity contribution in [3.8, 4) is 0 Å². The first-order chi connectivity index (χ1) is 12.4. The van der Waals surface area contributed by atoms with Crippen molar-refractivity contribution < 1.29 is 5.11 Å². The summed E-state index contributed by atoms with van der Waals surface area (Å²) in [5.74, 6) is 3.15. The monoisotopic (exact) mass is 355 g/mol. The molecule has 3 fully saturated rings. The molecule has 1 aliphatic heterocycles. The first-order valence-corrected chi connectivity index (χ1v) is 11.3. The molecule has 3 unspecified atom stereocenters. The summed E-state index contributed by atoms with van der Waals surface area (Å²) >= 11 is 0. The lowest BCUT2D eigenvalue weighted by Gasteiger charge is -2.59. The molecule has 8 atom stereocenters. The third-order valence-electron chi connectivity index (χ3n) is 9.48. The maximum atomic E-state index is 10.2. The molecule has 0 amide bonds. The lowest BCUT2D eigenvalue weighted by Crippen LogP contribution is -2.53. The normalized spacial score (nSPS) is 53.4. The van der Waals surface area contributed by atoms with Gasteiger partial charge in [-0.2, -0.15) is 0 Å². The number of rotatable bonds is 1. The highest BCUT2D eigenvalue weighted by molar-refractivity contribution is 5.33. The number of hydrogen-bond acceptors (Lipinski definition) is 2. The van der Waals surface area contributed by atoms with Gasteiger partial charge in [0.05, 0.1) is 6.10 Å². The molecular formula is C24H37NO. The van der Waals surface area contributed by atoms with Crippen molar-refractivity contribution in [1.82, 2.24) is 5.32 Å². The Morgan fingerprint density at radius 3 is 2.65 bits per heavy atom. The standard InChI is InChI=1S/C24H37NO/c1-15-13-16-14-17(26)8-10-23(16,2)20-9-11-24(3)18(21-5-4-12-25-21)6-7-19(24)22(15)20/h6,13,15,17,19-22,25-26H,4-5,7-12,14H2,1-3H3/t15?,17?,19-,20+,21?,22-,23-,24+/m0/s1. The molecule has 0 bridgehead atoms. The van der Waals surface area contributed by atoms with Crippen LogP contribution in [0.5, 0.6) is 0 Å². The van der Waals surface area contributed by atoms with Crippen molar-refractivity contribution >= 4 is 0 Å². The molecule has 1 heterocycles. The summed E-state index contributed by atoms with van der Waals surface area (Å²) < 4.78 is 0. The third-order valence-corrected chi connectivity index (χ3v) is 9.48. The molecule has 5 rings (SSSR count). The molecule has 2 nitrogen and oxygen atoms in total. The van der Waals surface area contributed by atoms with Crippen LogP contribution in [0.2, 0.25) is 0 Å². The van der Waals surface area contributed by atoms with Crippen LogP contribution in [0, 0.1) is 34.5 Å². The van der Waals surface area contributed by atoms with Gasteiger partial charge < -0.3 is 10.4 Å². The lowest BCUT2D eigenvalue weighted by molar-refractivity contribution is -0.0491. The van der Waals surface area contributed by atoms with E-state index in [1.807, 2.05) is 0 Å². The predicted octanol–water partition coefficient (Wildman–Crippen LogP) is 4.84. The Labute approximate surface area is 159 Å². The second-order valence-corrected chi connectivity index (χ2v) is 10.7. The first kappa shape index (κ1) is 17.5. The van der Waals surface area contributed by atoms with E-state index in [0.29, 0.717) is 22.8 Å². The Morgan fingerprint density at radius 1 is 1.08 bits per heavy atom. The molecule has 4 aliphatic carbocycles. The number of hydrogen-bond donors (Lipinski definition) is 2. The minimum atomic E-state index is -0.0971. The van der Waals surface area contributed by atoms with Gasteiger partial charge in [-0.05, 0) is 92.4 Å². The largest absolute Gasteiger partial charge is 0.393 e. The smallest absolute Gasteiger partial charge is 0.0577 e. The number of fused-ring (bicyclic) bond motifs is 5. The van der Waals surface area contributed by atoms with Crippen molar-refractivity contribution in [3.05, 3.63) is 23.3 Å². The summed E-state index contributed by atoms with van der Waals surface area (Å²) in [6, 6.07) is 0.659. The van der Waals surface area contributed by atoms with E-state index in [1.54, 1.807) is 11.1 Å². The topological polar surface area (TPSA) is 32.3 Å². The molecule has 0 aromatic heterocycles. The molecule has 2 saturated carbocycles. The van der Waals surface area contributed by atoms with Crippen LogP contribution in [0.1, 0.15) is 72.1 Å². The summed E-state index contributed by atoms with van der Waals surface area (Å²) in [6.07, 6.45) is 15.0. The van der Waals surface area contributed by atoms with E-state index in [4.69, 9.17) is 0 Å². The molecule has 26 heavy (non-hydrogen) atoms. The van der Waals surface area contributed by atoms with Crippen LogP contribution in [-0.2, 0) is 0 Å². The Bertz CT molecular complexity index is 645. The third kappa shape index (κ3) is 2.30. The predicted molar refractivity (Wildman–Crippen MR) is 107 cm³/mol. The quantitative estimate of drug-likeness (QED) is 0.659. The molecule has 5 aliphatic rings. The second-order valence-electron chi connectivity index (χ2n) is 10.7. The molecule has 0 radical (unpaired) electrons. The Hall–Kier alpha value is -0.600. The molecule has 2 N–H and O–H groups in total. The zero-order valence-corrected chi connectivity index (χ0v) is 16.9. The van der Waals surface area contributed by atoms with Gasteiger partial charge in [-0.15, -0.1) is 0 Å². The molecule has 2 heteroatoms. The van der Waals surface area contributed by atoms with Crippen molar-refractivity contribution in [3.63, 3.8) is 0 Å². The number of nitrogens with one attached hydrogen (secondary N) is 1. The first-order valence-electron chi connectivity index (χ1n) is 11.3. The van der Waals surface area contributed by atoms with Gasteiger partial charge in [0.2, 0.25) is 0 Å². The molecule has 0 aromatic rings. The van der Waals surface area contributed by atoms with Gasteiger partial charge in [-0.3, -0.25) is 0 Å². The highest BCUT2D eigenvalue weighted by atomic mass is 16.3. The van der Waals surface area contributed by atoms with Gasteiger partial charge in [0, 0.05) is 6.04 Å². The summed E-state index contributed by atoms with van der Waals surface area (Å²) in [4.78, 5) is 0. The average Bonchev–Trinajstić information content (AvgIpc) is 3.23. The van der Waals surface area contributed by atoms with Crippen molar-refractivity contribution in [1.29, 1.82) is 0 Å². The summed E-state index contributed by atoms with van der Waals surface area (Å²) in [6.45, 7) is 8.82. The van der Waals surface area contributed by atoms with Crippen LogP contribution in [0.3, 0.4) is 0 Å². The van der Waals surface area contributed by atoms with Gasteiger partial charge in [-0.25, -0.2) is 0 Å². The van der Waals surface area contributed by atoms with Gasteiger partial charge in [-0.1, -0.05) is 44.1 Å². The van der Waals surface area contributed by atoms with E-state index in [2.05, 4.69) is 38.2 Å². The van der Waals surface area contributed by atoms with Gasteiger partial charge >= 0.3 is 0 Å². The summed E-state index contributed by atoms with van der Waals surface area (Å²) in [7, 11) is 0. The lowest BCUT2D eigenvalue weighted by atomic mass is 9.45. The van der Waals surface area contributed by atoms with E-state index < -0.39 is 0 Å². The Morgan fingerprint density at radius 2 is 1.88 bits per heavy atom. The second kappa shape index (κ2) is 5.95. The van der Waals surface area contributed by atoms with E-state index in [0.717, 1.165) is 30.6 Å². The maximum Gasteiger partial charge on any atom is 0.0577 e. The fourth-order valence-corrected chi connectivity index (χ4v) is 8.09. The van der Waals surface area contributed by atoms with Crippen molar-refractivity contribution in [2.24, 2.45) is 34.5 Å². The molecule has 144 valence electrons. The maximum absolute atomic E-state index is 10.2. The summed E-state index contributed by atoms with van der Waals surface area (Å²) in [5, 5.41) is 14.0. The fourth-order valence-electron chi connectivity index (χ4n) is 8.09.